The average molecular weight is 241 g/mol. The standard InChI is InChI=1S/C10H13N2O3S/c11-9-2-1-3-10(8-9)16(13,14)12-4-6-15-7-5-12/h1-3,8,11H,4-7H2. The topological polar surface area (TPSA) is 70.4 Å². The SMILES string of the molecule is [NH]c1cccc(S(=O)(=O)N2CCOCC2)c1. The lowest BCUT2D eigenvalue weighted by atomic mass is 10.3. The van der Waals surface area contributed by atoms with Crippen molar-refractivity contribution >= 4 is 15.7 Å². The van der Waals surface area contributed by atoms with Crippen LogP contribution in [0, 0.1) is 0 Å². The van der Waals surface area contributed by atoms with Crippen LogP contribution in [-0.4, -0.2) is 39.0 Å². The van der Waals surface area contributed by atoms with Crippen LogP contribution in [0.3, 0.4) is 0 Å². The highest BCUT2D eigenvalue weighted by molar-refractivity contribution is 7.89. The molecular weight excluding hydrogens is 228 g/mol. The molecule has 0 unspecified atom stereocenters. The largest absolute Gasteiger partial charge is 0.379 e. The Morgan fingerprint density at radius 3 is 2.56 bits per heavy atom. The molecule has 6 heteroatoms. The molecule has 5 nitrogen and oxygen atoms in total. The molecule has 1 aliphatic rings. The Bertz CT molecular complexity index is 467. The van der Waals surface area contributed by atoms with E-state index in [1.54, 1.807) is 12.1 Å². The minimum absolute atomic E-state index is 0.182. The van der Waals surface area contributed by atoms with Crippen molar-refractivity contribution in [3.63, 3.8) is 0 Å². The molecule has 2 rings (SSSR count). The maximum Gasteiger partial charge on any atom is 0.243 e. The van der Waals surface area contributed by atoms with Crippen molar-refractivity contribution in [1.29, 1.82) is 0 Å². The van der Waals surface area contributed by atoms with Crippen molar-refractivity contribution in [2.24, 2.45) is 0 Å². The number of hydrogen-bond acceptors (Lipinski definition) is 3. The summed E-state index contributed by atoms with van der Waals surface area (Å²) in [7, 11) is -3.45. The van der Waals surface area contributed by atoms with E-state index in [0.29, 0.717) is 26.3 Å². The number of ether oxygens (including phenoxy) is 1. The van der Waals surface area contributed by atoms with Gasteiger partial charge in [0.15, 0.2) is 0 Å². The molecule has 0 aromatic heterocycles. The van der Waals surface area contributed by atoms with Crippen LogP contribution in [0.1, 0.15) is 0 Å². The van der Waals surface area contributed by atoms with Gasteiger partial charge in [-0.25, -0.2) is 8.42 Å². The van der Waals surface area contributed by atoms with Gasteiger partial charge < -0.3 is 10.5 Å². The van der Waals surface area contributed by atoms with Crippen LogP contribution in [0.5, 0.6) is 0 Å². The lowest BCUT2D eigenvalue weighted by molar-refractivity contribution is 0.0730. The van der Waals surface area contributed by atoms with Gasteiger partial charge in [-0.05, 0) is 18.2 Å². The number of nitrogens with one attached hydrogen (secondary N) is 1. The van der Waals surface area contributed by atoms with Gasteiger partial charge in [-0.3, -0.25) is 0 Å². The molecule has 1 radical (unpaired) electrons. The third kappa shape index (κ3) is 2.18. The van der Waals surface area contributed by atoms with Crippen molar-refractivity contribution in [1.82, 2.24) is 10.0 Å². The zero-order chi connectivity index (χ0) is 11.6. The summed E-state index contributed by atoms with van der Waals surface area (Å²) in [5, 5.41) is 0. The van der Waals surface area contributed by atoms with Gasteiger partial charge >= 0.3 is 0 Å². The Morgan fingerprint density at radius 1 is 1.25 bits per heavy atom. The fourth-order valence-electron chi connectivity index (χ4n) is 1.59. The van der Waals surface area contributed by atoms with Crippen LogP contribution >= 0.6 is 0 Å². The quantitative estimate of drug-likeness (QED) is 0.762. The number of hydrogen-bond donors (Lipinski definition) is 0. The Hall–Kier alpha value is -1.11. The first-order valence-electron chi connectivity index (χ1n) is 5.00. The van der Waals surface area contributed by atoms with E-state index in [-0.39, 0.29) is 10.6 Å². The van der Waals surface area contributed by atoms with Gasteiger partial charge in [0.05, 0.1) is 23.8 Å². The summed E-state index contributed by atoms with van der Waals surface area (Å²) in [6.07, 6.45) is 0. The van der Waals surface area contributed by atoms with Crippen LogP contribution in [0.2, 0.25) is 0 Å². The Labute approximate surface area is 94.9 Å². The van der Waals surface area contributed by atoms with Crippen LogP contribution in [-0.2, 0) is 14.8 Å². The Morgan fingerprint density at radius 2 is 1.94 bits per heavy atom. The normalized spacial score (nSPS) is 18.5. The van der Waals surface area contributed by atoms with E-state index in [1.165, 1.54) is 16.4 Å². The van der Waals surface area contributed by atoms with Crippen molar-refractivity contribution in [3.8, 4) is 0 Å². The van der Waals surface area contributed by atoms with E-state index >= 15 is 0 Å². The van der Waals surface area contributed by atoms with E-state index < -0.39 is 10.0 Å². The average Bonchev–Trinajstić information content (AvgIpc) is 2.30. The number of morpholine rings is 1. The molecule has 0 saturated carbocycles. The van der Waals surface area contributed by atoms with Gasteiger partial charge in [0, 0.05) is 13.1 Å². The van der Waals surface area contributed by atoms with E-state index in [2.05, 4.69) is 0 Å². The molecule has 1 fully saturated rings. The van der Waals surface area contributed by atoms with E-state index in [4.69, 9.17) is 10.5 Å². The summed E-state index contributed by atoms with van der Waals surface area (Å²) < 4.78 is 30.8. The highest BCUT2D eigenvalue weighted by atomic mass is 32.2. The number of sulfonamides is 1. The molecule has 0 aliphatic carbocycles. The zero-order valence-electron chi connectivity index (χ0n) is 8.72. The molecule has 1 aromatic carbocycles. The second-order valence-corrected chi connectivity index (χ2v) is 5.48. The predicted octanol–water partition coefficient (Wildman–Crippen LogP) is 0.622. The first-order chi connectivity index (χ1) is 7.60. The summed E-state index contributed by atoms with van der Waals surface area (Å²) in [4.78, 5) is 0.182. The summed E-state index contributed by atoms with van der Waals surface area (Å²) in [5.41, 5.74) is 7.63. The van der Waals surface area contributed by atoms with E-state index in [9.17, 15) is 8.42 Å². The molecule has 1 saturated heterocycles. The summed E-state index contributed by atoms with van der Waals surface area (Å²) in [5.74, 6) is 0. The molecule has 1 N–H and O–H groups in total. The molecule has 0 spiro atoms. The minimum atomic E-state index is -3.45. The maximum atomic E-state index is 12.1. The van der Waals surface area contributed by atoms with E-state index in [1.807, 2.05) is 0 Å². The van der Waals surface area contributed by atoms with Crippen LogP contribution < -0.4 is 5.73 Å². The molecule has 1 heterocycles. The van der Waals surface area contributed by atoms with Crippen molar-refractivity contribution in [2.75, 3.05) is 26.3 Å². The summed E-state index contributed by atoms with van der Waals surface area (Å²) >= 11 is 0. The molecule has 0 amide bonds. The first-order valence-corrected chi connectivity index (χ1v) is 6.44. The molecular formula is C10H13N2O3S. The van der Waals surface area contributed by atoms with Crippen LogP contribution in [0.25, 0.3) is 0 Å². The minimum Gasteiger partial charge on any atom is -0.379 e. The lowest BCUT2D eigenvalue weighted by Crippen LogP contribution is -2.40. The lowest BCUT2D eigenvalue weighted by Gasteiger charge is -2.26. The second kappa shape index (κ2) is 4.40. The Kier molecular flexibility index (Phi) is 3.13. The highest BCUT2D eigenvalue weighted by Gasteiger charge is 2.26. The first kappa shape index (κ1) is 11.4. The van der Waals surface area contributed by atoms with Gasteiger partial charge in [0.25, 0.3) is 0 Å². The van der Waals surface area contributed by atoms with Gasteiger partial charge in [0.2, 0.25) is 10.0 Å². The third-order valence-corrected chi connectivity index (χ3v) is 4.34. The Balaban J connectivity index is 2.30. The monoisotopic (exact) mass is 241 g/mol. The molecule has 1 aromatic rings. The zero-order valence-corrected chi connectivity index (χ0v) is 9.53. The molecule has 87 valence electrons. The predicted molar refractivity (Wildman–Crippen MR) is 58.8 cm³/mol. The van der Waals surface area contributed by atoms with Crippen molar-refractivity contribution < 1.29 is 13.2 Å². The number of nitrogens with zero attached hydrogens (tertiary/aromatic N) is 1. The second-order valence-electron chi connectivity index (χ2n) is 3.54. The molecule has 1 aliphatic heterocycles. The van der Waals surface area contributed by atoms with Crippen molar-refractivity contribution in [2.45, 2.75) is 4.90 Å². The van der Waals surface area contributed by atoms with Crippen LogP contribution in [0.15, 0.2) is 29.2 Å². The van der Waals surface area contributed by atoms with Crippen LogP contribution in [0.4, 0.5) is 5.69 Å². The number of benzene rings is 1. The van der Waals surface area contributed by atoms with E-state index in [0.717, 1.165) is 0 Å². The van der Waals surface area contributed by atoms with Crippen molar-refractivity contribution in [3.05, 3.63) is 24.3 Å². The molecule has 0 bridgehead atoms. The third-order valence-electron chi connectivity index (χ3n) is 2.44. The molecule has 0 atom stereocenters. The number of rotatable bonds is 2. The van der Waals surface area contributed by atoms with Gasteiger partial charge in [-0.1, -0.05) is 6.07 Å². The fourth-order valence-corrected chi connectivity index (χ4v) is 3.05. The van der Waals surface area contributed by atoms with Gasteiger partial charge in [-0.2, -0.15) is 4.31 Å². The maximum absolute atomic E-state index is 12.1. The summed E-state index contributed by atoms with van der Waals surface area (Å²) in [6, 6.07) is 6.02. The fraction of sp³-hybridized carbons (Fsp3) is 0.400. The van der Waals surface area contributed by atoms with Gasteiger partial charge in [0.1, 0.15) is 0 Å². The van der Waals surface area contributed by atoms with Gasteiger partial charge in [-0.15, -0.1) is 0 Å². The summed E-state index contributed by atoms with van der Waals surface area (Å²) in [6.45, 7) is 1.62. The highest BCUT2D eigenvalue weighted by Crippen LogP contribution is 2.19. The smallest absolute Gasteiger partial charge is 0.243 e. The molecule has 16 heavy (non-hydrogen) atoms.